The summed E-state index contributed by atoms with van der Waals surface area (Å²) in [7, 11) is -3.68. The summed E-state index contributed by atoms with van der Waals surface area (Å²) >= 11 is 0. The first-order chi connectivity index (χ1) is 7.50. The minimum atomic E-state index is -3.68. The van der Waals surface area contributed by atoms with Gasteiger partial charge < -0.3 is 0 Å². The molecular formula is C12H15NO2S. The first-order valence-electron chi connectivity index (χ1n) is 4.86. The number of primary sulfonamides is 1. The van der Waals surface area contributed by atoms with Gasteiger partial charge in [0, 0.05) is 0 Å². The lowest BCUT2D eigenvalue weighted by Gasteiger charge is -2.10. The molecule has 0 aliphatic rings. The van der Waals surface area contributed by atoms with Crippen LogP contribution < -0.4 is 5.14 Å². The smallest absolute Gasteiger partial charge is 0.225 e. The number of hydrogen-bond donors (Lipinski definition) is 1. The van der Waals surface area contributed by atoms with Crippen molar-refractivity contribution in [3.8, 4) is 0 Å². The predicted molar refractivity (Wildman–Crippen MR) is 65.6 cm³/mol. The van der Waals surface area contributed by atoms with Crippen LogP contribution >= 0.6 is 0 Å². The van der Waals surface area contributed by atoms with Gasteiger partial charge in [0.25, 0.3) is 0 Å². The Morgan fingerprint density at radius 1 is 1.19 bits per heavy atom. The molecule has 1 aromatic rings. The van der Waals surface area contributed by atoms with E-state index in [-0.39, 0.29) is 4.90 Å². The fourth-order valence-electron chi connectivity index (χ4n) is 1.60. The fourth-order valence-corrected chi connectivity index (χ4v) is 2.43. The Morgan fingerprint density at radius 2 is 1.81 bits per heavy atom. The maximum Gasteiger partial charge on any atom is 0.238 e. The third-order valence-electron chi connectivity index (χ3n) is 2.25. The summed E-state index contributed by atoms with van der Waals surface area (Å²) in [5.74, 6) is 0. The molecule has 86 valence electrons. The Kier molecular flexibility index (Phi) is 4.04. The molecule has 0 spiro atoms. The van der Waals surface area contributed by atoms with E-state index in [0.29, 0.717) is 18.4 Å². The topological polar surface area (TPSA) is 60.2 Å². The van der Waals surface area contributed by atoms with Crippen molar-refractivity contribution in [1.29, 1.82) is 0 Å². The van der Waals surface area contributed by atoms with Crippen molar-refractivity contribution in [2.24, 2.45) is 5.14 Å². The van der Waals surface area contributed by atoms with Crippen molar-refractivity contribution in [1.82, 2.24) is 0 Å². The van der Waals surface area contributed by atoms with Crippen LogP contribution in [-0.4, -0.2) is 8.42 Å². The number of sulfonamides is 1. The molecule has 0 saturated carbocycles. The maximum absolute atomic E-state index is 11.4. The second kappa shape index (κ2) is 5.09. The third-order valence-corrected chi connectivity index (χ3v) is 3.24. The lowest BCUT2D eigenvalue weighted by atomic mass is 10.0. The lowest BCUT2D eigenvalue weighted by molar-refractivity contribution is 0.596. The van der Waals surface area contributed by atoms with Gasteiger partial charge in [-0.1, -0.05) is 24.3 Å². The summed E-state index contributed by atoms with van der Waals surface area (Å²) in [4.78, 5) is 0.173. The van der Waals surface area contributed by atoms with E-state index in [1.165, 1.54) is 6.07 Å². The van der Waals surface area contributed by atoms with Gasteiger partial charge in [0.05, 0.1) is 4.90 Å². The van der Waals surface area contributed by atoms with Crippen molar-refractivity contribution in [2.75, 3.05) is 0 Å². The molecule has 0 aliphatic heterocycles. The molecule has 0 fully saturated rings. The summed E-state index contributed by atoms with van der Waals surface area (Å²) < 4.78 is 22.8. The summed E-state index contributed by atoms with van der Waals surface area (Å²) in [6, 6.07) is 5.07. The highest BCUT2D eigenvalue weighted by molar-refractivity contribution is 7.89. The minimum Gasteiger partial charge on any atom is -0.225 e. The average Bonchev–Trinajstić information content (AvgIpc) is 2.19. The molecule has 0 atom stereocenters. The molecular weight excluding hydrogens is 222 g/mol. The zero-order valence-electron chi connectivity index (χ0n) is 9.02. The molecule has 0 unspecified atom stereocenters. The Hall–Kier alpha value is -1.39. The van der Waals surface area contributed by atoms with E-state index in [9.17, 15) is 8.42 Å². The van der Waals surface area contributed by atoms with Gasteiger partial charge in [-0.2, -0.15) is 0 Å². The van der Waals surface area contributed by atoms with Crippen LogP contribution in [0.3, 0.4) is 0 Å². The Balaban J connectivity index is 3.43. The van der Waals surface area contributed by atoms with Crippen molar-refractivity contribution in [3.63, 3.8) is 0 Å². The Labute approximate surface area is 96.3 Å². The van der Waals surface area contributed by atoms with E-state index >= 15 is 0 Å². The van der Waals surface area contributed by atoms with Crippen LogP contribution in [0.5, 0.6) is 0 Å². The first kappa shape index (κ1) is 12.7. The molecule has 1 aromatic carbocycles. The molecule has 16 heavy (non-hydrogen) atoms. The van der Waals surface area contributed by atoms with E-state index in [1.54, 1.807) is 18.2 Å². The average molecular weight is 237 g/mol. The number of rotatable bonds is 5. The van der Waals surface area contributed by atoms with Crippen LogP contribution in [0.25, 0.3) is 0 Å². The number of benzene rings is 1. The molecule has 0 aromatic heterocycles. The third kappa shape index (κ3) is 2.81. The minimum absolute atomic E-state index is 0.173. The van der Waals surface area contributed by atoms with Gasteiger partial charge in [0.1, 0.15) is 0 Å². The van der Waals surface area contributed by atoms with Gasteiger partial charge in [-0.15, -0.1) is 13.2 Å². The number of hydrogen-bond acceptors (Lipinski definition) is 2. The van der Waals surface area contributed by atoms with Crippen LogP contribution in [0.2, 0.25) is 0 Å². The van der Waals surface area contributed by atoms with Crippen LogP contribution in [-0.2, 0) is 22.9 Å². The second-order valence-corrected chi connectivity index (χ2v) is 4.95. The zero-order chi connectivity index (χ0) is 12.2. The summed E-state index contributed by atoms with van der Waals surface area (Å²) in [5, 5.41) is 5.16. The van der Waals surface area contributed by atoms with E-state index in [4.69, 9.17) is 5.14 Å². The van der Waals surface area contributed by atoms with Gasteiger partial charge >= 0.3 is 0 Å². The summed E-state index contributed by atoms with van der Waals surface area (Å²) in [6.07, 6.45) is 4.49. The van der Waals surface area contributed by atoms with Crippen LogP contribution in [0, 0.1) is 0 Å². The molecule has 3 nitrogen and oxygen atoms in total. The predicted octanol–water partition coefficient (Wildman–Crippen LogP) is 1.79. The molecule has 4 heteroatoms. The highest BCUT2D eigenvalue weighted by Gasteiger charge is 2.15. The molecule has 0 heterocycles. The number of allylic oxidation sites excluding steroid dienone is 2. The van der Waals surface area contributed by atoms with Gasteiger partial charge in [0.15, 0.2) is 0 Å². The quantitative estimate of drug-likeness (QED) is 0.794. The molecule has 0 saturated heterocycles. The van der Waals surface area contributed by atoms with Crippen LogP contribution in [0.1, 0.15) is 11.1 Å². The standard InChI is InChI=1S/C12H15NO2S/c1-3-6-10-8-5-9-12(16(13,14)15)11(10)7-4-2/h3-5,8-9H,1-2,6-7H2,(H2,13,14,15). The van der Waals surface area contributed by atoms with Crippen LogP contribution in [0.4, 0.5) is 0 Å². The largest absolute Gasteiger partial charge is 0.238 e. The second-order valence-electron chi connectivity index (χ2n) is 3.42. The molecule has 1 rings (SSSR count). The monoisotopic (exact) mass is 237 g/mol. The SMILES string of the molecule is C=CCc1cccc(S(N)(=O)=O)c1CC=C. The van der Waals surface area contributed by atoms with E-state index in [0.717, 1.165) is 5.56 Å². The summed E-state index contributed by atoms with van der Waals surface area (Å²) in [6.45, 7) is 7.26. The highest BCUT2D eigenvalue weighted by atomic mass is 32.2. The fraction of sp³-hybridized carbons (Fsp3) is 0.167. The van der Waals surface area contributed by atoms with E-state index < -0.39 is 10.0 Å². The molecule has 2 N–H and O–H groups in total. The molecule has 0 amide bonds. The Bertz CT molecular complexity index is 504. The van der Waals surface area contributed by atoms with Gasteiger partial charge in [-0.3, -0.25) is 0 Å². The molecule has 0 radical (unpaired) electrons. The van der Waals surface area contributed by atoms with Crippen molar-refractivity contribution >= 4 is 10.0 Å². The van der Waals surface area contributed by atoms with Crippen molar-refractivity contribution < 1.29 is 8.42 Å². The summed E-state index contributed by atoms with van der Waals surface area (Å²) in [5.41, 5.74) is 1.63. The van der Waals surface area contributed by atoms with Gasteiger partial charge in [0.2, 0.25) is 10.0 Å². The maximum atomic E-state index is 11.4. The van der Waals surface area contributed by atoms with E-state index in [1.807, 2.05) is 6.07 Å². The molecule has 0 bridgehead atoms. The van der Waals surface area contributed by atoms with Gasteiger partial charge in [-0.05, 0) is 30.0 Å². The van der Waals surface area contributed by atoms with Crippen molar-refractivity contribution in [3.05, 3.63) is 54.6 Å². The molecule has 0 aliphatic carbocycles. The van der Waals surface area contributed by atoms with Crippen LogP contribution in [0.15, 0.2) is 48.4 Å². The van der Waals surface area contributed by atoms with Gasteiger partial charge in [-0.25, -0.2) is 13.6 Å². The zero-order valence-corrected chi connectivity index (χ0v) is 9.83. The Morgan fingerprint density at radius 3 is 2.31 bits per heavy atom. The normalized spacial score (nSPS) is 11.1. The first-order valence-corrected chi connectivity index (χ1v) is 6.40. The lowest BCUT2D eigenvalue weighted by Crippen LogP contribution is -2.15. The highest BCUT2D eigenvalue weighted by Crippen LogP contribution is 2.20. The van der Waals surface area contributed by atoms with Crippen molar-refractivity contribution in [2.45, 2.75) is 17.7 Å². The number of nitrogens with two attached hydrogens (primary N) is 1. The van der Waals surface area contributed by atoms with E-state index in [2.05, 4.69) is 13.2 Å².